The minimum Gasteiger partial charge on any atom is -0.383 e. The molecule has 1 atom stereocenters. The lowest BCUT2D eigenvalue weighted by molar-refractivity contribution is 0.194. The van der Waals surface area contributed by atoms with Crippen molar-refractivity contribution in [2.75, 3.05) is 18.9 Å². The zero-order valence-electron chi connectivity index (χ0n) is 11.6. The molecule has 2 aromatic rings. The molecule has 112 valence electrons. The number of nitrogens with two attached hydrogens (primary N) is 1. The fourth-order valence-electron chi connectivity index (χ4n) is 2.68. The molecule has 1 fully saturated rings. The average molecular weight is 301 g/mol. The van der Waals surface area contributed by atoms with Gasteiger partial charge in [0.1, 0.15) is 23.5 Å². The largest absolute Gasteiger partial charge is 0.383 e. The van der Waals surface area contributed by atoms with Crippen molar-refractivity contribution in [1.82, 2.24) is 4.98 Å². The zero-order valence-corrected chi connectivity index (χ0v) is 11.6. The molecule has 4 nitrogen and oxygen atoms in total. The van der Waals surface area contributed by atoms with Crippen molar-refractivity contribution in [2.45, 2.75) is 12.3 Å². The molecule has 1 aliphatic heterocycles. The number of rotatable bonds is 2. The van der Waals surface area contributed by atoms with Crippen LogP contribution >= 0.6 is 0 Å². The van der Waals surface area contributed by atoms with Crippen LogP contribution in [0.15, 0.2) is 24.3 Å². The second-order valence-electron chi connectivity index (χ2n) is 5.13. The maximum atomic E-state index is 13.9. The van der Waals surface area contributed by atoms with Gasteiger partial charge in [0.15, 0.2) is 0 Å². The van der Waals surface area contributed by atoms with Crippen molar-refractivity contribution < 1.29 is 13.5 Å². The number of benzene rings is 1. The van der Waals surface area contributed by atoms with Crippen molar-refractivity contribution in [3.63, 3.8) is 0 Å². The Kier molecular flexibility index (Phi) is 3.73. The summed E-state index contributed by atoms with van der Waals surface area (Å²) in [6.45, 7) is 1.04. The van der Waals surface area contributed by atoms with Crippen LogP contribution in [0.1, 0.15) is 23.5 Å². The Hall–Kier alpha value is -2.52. The van der Waals surface area contributed by atoms with Gasteiger partial charge < -0.3 is 10.5 Å². The topological polar surface area (TPSA) is 71.9 Å². The molecule has 0 amide bonds. The smallest absolute Gasteiger partial charge is 0.142 e. The number of nitrogens with zero attached hydrogens (tertiary/aromatic N) is 2. The van der Waals surface area contributed by atoms with Gasteiger partial charge in [0.2, 0.25) is 0 Å². The lowest BCUT2D eigenvalue weighted by atomic mass is 9.93. The van der Waals surface area contributed by atoms with Crippen LogP contribution < -0.4 is 5.73 Å². The summed E-state index contributed by atoms with van der Waals surface area (Å²) < 4.78 is 33.2. The van der Waals surface area contributed by atoms with Gasteiger partial charge in [-0.2, -0.15) is 5.26 Å². The fourth-order valence-corrected chi connectivity index (χ4v) is 2.68. The highest BCUT2D eigenvalue weighted by atomic mass is 19.1. The van der Waals surface area contributed by atoms with Crippen molar-refractivity contribution in [3.05, 3.63) is 47.0 Å². The number of ether oxygens (including phenoxy) is 1. The highest BCUT2D eigenvalue weighted by molar-refractivity contribution is 5.67. The maximum absolute atomic E-state index is 13.9. The first-order valence-corrected chi connectivity index (χ1v) is 6.84. The molecule has 0 unspecified atom stereocenters. The monoisotopic (exact) mass is 301 g/mol. The molecule has 6 heteroatoms. The van der Waals surface area contributed by atoms with E-state index in [4.69, 9.17) is 10.5 Å². The van der Waals surface area contributed by atoms with Gasteiger partial charge in [0, 0.05) is 12.5 Å². The molecular formula is C16H13F2N3O. The van der Waals surface area contributed by atoms with Gasteiger partial charge in [-0.1, -0.05) is 6.07 Å². The molecule has 2 N–H and O–H groups in total. The van der Waals surface area contributed by atoms with Gasteiger partial charge in [-0.05, 0) is 30.2 Å². The molecular weight excluding hydrogens is 288 g/mol. The molecule has 0 spiro atoms. The van der Waals surface area contributed by atoms with Crippen LogP contribution in [0, 0.1) is 23.0 Å². The van der Waals surface area contributed by atoms with E-state index in [1.54, 1.807) is 0 Å². The predicted molar refractivity (Wildman–Crippen MR) is 76.9 cm³/mol. The first kappa shape index (κ1) is 14.4. The van der Waals surface area contributed by atoms with Crippen LogP contribution in [-0.2, 0) is 4.74 Å². The quantitative estimate of drug-likeness (QED) is 0.925. The van der Waals surface area contributed by atoms with E-state index in [1.807, 2.05) is 6.07 Å². The van der Waals surface area contributed by atoms with E-state index in [-0.39, 0.29) is 28.6 Å². The summed E-state index contributed by atoms with van der Waals surface area (Å²) in [5.41, 5.74) is 6.55. The van der Waals surface area contributed by atoms with Crippen molar-refractivity contribution in [1.29, 1.82) is 5.26 Å². The normalized spacial score (nSPS) is 17.4. The Morgan fingerprint density at radius 2 is 2.05 bits per heavy atom. The van der Waals surface area contributed by atoms with Gasteiger partial charge in [-0.25, -0.2) is 13.8 Å². The molecule has 22 heavy (non-hydrogen) atoms. The number of anilines is 1. The maximum Gasteiger partial charge on any atom is 0.142 e. The third-order valence-electron chi connectivity index (χ3n) is 3.78. The third kappa shape index (κ3) is 2.40. The Morgan fingerprint density at radius 1 is 1.32 bits per heavy atom. The molecule has 1 saturated heterocycles. The number of nitriles is 1. The van der Waals surface area contributed by atoms with Crippen LogP contribution in [0.2, 0.25) is 0 Å². The Morgan fingerprint density at radius 3 is 2.64 bits per heavy atom. The molecule has 2 heterocycles. The van der Waals surface area contributed by atoms with E-state index in [1.165, 1.54) is 12.1 Å². The summed E-state index contributed by atoms with van der Waals surface area (Å²) in [5, 5.41) is 9.27. The predicted octanol–water partition coefficient (Wildman–Crippen LogP) is 2.98. The fraction of sp³-hybridized carbons (Fsp3) is 0.250. The standard InChI is InChI=1S/C16H13F2N3O/c17-12-2-1-3-13(18)15(12)14-6-10(9-4-5-22-8-9)11(7-19)16(20)21-14/h1-3,6,9H,4-5,8H2,(H2,20,21)/t9-/m0/s1. The van der Waals surface area contributed by atoms with Gasteiger partial charge in [-0.3, -0.25) is 0 Å². The lowest BCUT2D eigenvalue weighted by Gasteiger charge is -2.14. The van der Waals surface area contributed by atoms with Crippen LogP contribution in [0.5, 0.6) is 0 Å². The summed E-state index contributed by atoms with van der Waals surface area (Å²) in [6, 6.07) is 7.16. The van der Waals surface area contributed by atoms with Crippen LogP contribution in [0.3, 0.4) is 0 Å². The number of aromatic nitrogens is 1. The minimum atomic E-state index is -0.717. The van der Waals surface area contributed by atoms with E-state index >= 15 is 0 Å². The molecule has 0 bridgehead atoms. The van der Waals surface area contributed by atoms with E-state index in [0.717, 1.165) is 18.6 Å². The van der Waals surface area contributed by atoms with Crippen LogP contribution in [0.4, 0.5) is 14.6 Å². The third-order valence-corrected chi connectivity index (χ3v) is 3.78. The molecule has 0 saturated carbocycles. The molecule has 0 radical (unpaired) electrons. The van der Waals surface area contributed by atoms with Crippen LogP contribution in [-0.4, -0.2) is 18.2 Å². The first-order chi connectivity index (χ1) is 10.6. The number of hydrogen-bond acceptors (Lipinski definition) is 4. The Balaban J connectivity index is 2.20. The first-order valence-electron chi connectivity index (χ1n) is 6.84. The molecule has 1 aromatic carbocycles. The number of halogens is 2. The molecule has 0 aliphatic carbocycles. The van der Waals surface area contributed by atoms with Crippen molar-refractivity contribution in [3.8, 4) is 17.3 Å². The number of hydrogen-bond donors (Lipinski definition) is 1. The molecule has 3 rings (SSSR count). The van der Waals surface area contributed by atoms with Crippen molar-refractivity contribution in [2.24, 2.45) is 0 Å². The summed E-state index contributed by atoms with van der Waals surface area (Å²) >= 11 is 0. The molecule has 1 aliphatic rings. The van der Waals surface area contributed by atoms with E-state index in [2.05, 4.69) is 4.98 Å². The van der Waals surface area contributed by atoms with Gasteiger partial charge in [-0.15, -0.1) is 0 Å². The van der Waals surface area contributed by atoms with Gasteiger partial charge >= 0.3 is 0 Å². The second kappa shape index (κ2) is 5.70. The van der Waals surface area contributed by atoms with Crippen LogP contribution in [0.25, 0.3) is 11.3 Å². The van der Waals surface area contributed by atoms with E-state index in [9.17, 15) is 14.0 Å². The zero-order chi connectivity index (χ0) is 15.7. The minimum absolute atomic E-state index is 0.0199. The molecule has 1 aromatic heterocycles. The number of pyridine rings is 1. The highest BCUT2D eigenvalue weighted by Gasteiger charge is 2.25. The van der Waals surface area contributed by atoms with Gasteiger partial charge in [0.05, 0.1) is 23.4 Å². The summed E-state index contributed by atoms with van der Waals surface area (Å²) in [7, 11) is 0. The summed E-state index contributed by atoms with van der Waals surface area (Å²) in [4.78, 5) is 4.00. The Bertz CT molecular complexity index is 744. The van der Waals surface area contributed by atoms with E-state index < -0.39 is 11.6 Å². The average Bonchev–Trinajstić information content (AvgIpc) is 3.00. The summed E-state index contributed by atoms with van der Waals surface area (Å²) in [5.74, 6) is -1.48. The van der Waals surface area contributed by atoms with Crippen molar-refractivity contribution >= 4 is 5.82 Å². The Labute approximate surface area is 126 Å². The van der Waals surface area contributed by atoms with E-state index in [0.29, 0.717) is 18.8 Å². The SMILES string of the molecule is N#Cc1c([C@H]2CCOC2)cc(-c2c(F)cccc2F)nc1N. The lowest BCUT2D eigenvalue weighted by Crippen LogP contribution is -2.07. The highest BCUT2D eigenvalue weighted by Crippen LogP contribution is 2.34. The number of nitrogen functional groups attached to an aromatic ring is 1. The van der Waals surface area contributed by atoms with Gasteiger partial charge in [0.25, 0.3) is 0 Å². The summed E-state index contributed by atoms with van der Waals surface area (Å²) in [6.07, 6.45) is 0.733. The second-order valence-corrected chi connectivity index (χ2v) is 5.13.